The van der Waals surface area contributed by atoms with Gasteiger partial charge in [-0.1, -0.05) is 13.8 Å². The van der Waals surface area contributed by atoms with Crippen LogP contribution in [-0.4, -0.2) is 25.8 Å². The molecule has 0 bridgehead atoms. The molecule has 1 N–H and O–H groups in total. The van der Waals surface area contributed by atoms with E-state index in [1.807, 2.05) is 0 Å². The van der Waals surface area contributed by atoms with Gasteiger partial charge in [-0.25, -0.2) is 0 Å². The third-order valence-electron chi connectivity index (χ3n) is 4.58. The molecule has 1 aliphatic carbocycles. The van der Waals surface area contributed by atoms with Gasteiger partial charge in [0.25, 0.3) is 0 Å². The average molecular weight is 239 g/mol. The molecule has 2 fully saturated rings. The first-order chi connectivity index (χ1) is 8.31. The summed E-state index contributed by atoms with van der Waals surface area (Å²) in [7, 11) is 0. The fourth-order valence-electron chi connectivity index (χ4n) is 3.11. The lowest BCUT2D eigenvalue weighted by Gasteiger charge is -2.31. The molecule has 1 saturated carbocycles. The maximum atomic E-state index is 5.46. The van der Waals surface area contributed by atoms with Crippen molar-refractivity contribution in [2.45, 2.75) is 58.4 Å². The molecule has 0 aromatic heterocycles. The van der Waals surface area contributed by atoms with Crippen LogP contribution in [-0.2, 0) is 4.74 Å². The van der Waals surface area contributed by atoms with E-state index in [9.17, 15) is 0 Å². The molecule has 0 aromatic carbocycles. The monoisotopic (exact) mass is 239 g/mol. The molecule has 1 heterocycles. The minimum absolute atomic E-state index is 0.755. The van der Waals surface area contributed by atoms with Gasteiger partial charge in [-0.3, -0.25) is 0 Å². The van der Waals surface area contributed by atoms with E-state index >= 15 is 0 Å². The second-order valence-electron chi connectivity index (χ2n) is 6.05. The third-order valence-corrected chi connectivity index (χ3v) is 4.58. The molecule has 2 heteroatoms. The minimum Gasteiger partial charge on any atom is -0.381 e. The van der Waals surface area contributed by atoms with Crippen molar-refractivity contribution in [3.8, 4) is 0 Å². The van der Waals surface area contributed by atoms with Crippen LogP contribution in [0.1, 0.15) is 52.4 Å². The number of hydrogen-bond donors (Lipinski definition) is 1. The second-order valence-corrected chi connectivity index (χ2v) is 6.05. The van der Waals surface area contributed by atoms with E-state index in [1.54, 1.807) is 0 Å². The summed E-state index contributed by atoms with van der Waals surface area (Å²) in [4.78, 5) is 0. The standard InChI is InChI=1S/C15H29NO/c1-3-8-16-15(12(2)14-4-5-14)11-13-6-9-17-10-7-13/h12-16H,3-11H2,1-2H3. The summed E-state index contributed by atoms with van der Waals surface area (Å²) in [5.74, 6) is 2.80. The van der Waals surface area contributed by atoms with Gasteiger partial charge in [0.2, 0.25) is 0 Å². The van der Waals surface area contributed by atoms with Gasteiger partial charge >= 0.3 is 0 Å². The number of nitrogens with one attached hydrogen (secondary N) is 1. The Balaban J connectivity index is 1.80. The van der Waals surface area contributed by atoms with Crippen LogP contribution >= 0.6 is 0 Å². The molecule has 2 aliphatic rings. The molecule has 17 heavy (non-hydrogen) atoms. The van der Waals surface area contributed by atoms with E-state index in [2.05, 4.69) is 19.2 Å². The van der Waals surface area contributed by atoms with E-state index in [4.69, 9.17) is 4.74 Å². The van der Waals surface area contributed by atoms with Crippen LogP contribution in [0.3, 0.4) is 0 Å². The summed E-state index contributed by atoms with van der Waals surface area (Å²) in [6, 6.07) is 0.755. The molecule has 0 amide bonds. The first-order valence-electron chi connectivity index (χ1n) is 7.62. The molecule has 2 unspecified atom stereocenters. The SMILES string of the molecule is CCCNC(CC1CCOCC1)C(C)C1CC1. The lowest BCUT2D eigenvalue weighted by molar-refractivity contribution is 0.0576. The Morgan fingerprint density at radius 1 is 1.18 bits per heavy atom. The van der Waals surface area contributed by atoms with Crippen LogP contribution in [0.2, 0.25) is 0 Å². The average Bonchev–Trinajstić information content (AvgIpc) is 3.19. The lowest BCUT2D eigenvalue weighted by atomic mass is 9.85. The summed E-state index contributed by atoms with van der Waals surface area (Å²) in [5.41, 5.74) is 0. The minimum atomic E-state index is 0.755. The number of rotatable bonds is 7. The van der Waals surface area contributed by atoms with E-state index in [-0.39, 0.29) is 0 Å². The molecule has 0 spiro atoms. The van der Waals surface area contributed by atoms with Crippen molar-refractivity contribution in [1.82, 2.24) is 5.32 Å². The van der Waals surface area contributed by atoms with Crippen molar-refractivity contribution in [1.29, 1.82) is 0 Å². The summed E-state index contributed by atoms with van der Waals surface area (Å²) < 4.78 is 5.46. The highest BCUT2D eigenvalue weighted by Gasteiger charge is 2.34. The Hall–Kier alpha value is -0.0800. The predicted octanol–water partition coefficient (Wildman–Crippen LogP) is 3.22. The summed E-state index contributed by atoms with van der Waals surface area (Å²) in [6.45, 7) is 7.89. The van der Waals surface area contributed by atoms with Gasteiger partial charge in [-0.15, -0.1) is 0 Å². The highest BCUT2D eigenvalue weighted by atomic mass is 16.5. The van der Waals surface area contributed by atoms with Crippen LogP contribution in [0, 0.1) is 17.8 Å². The van der Waals surface area contributed by atoms with Crippen molar-refractivity contribution in [2.24, 2.45) is 17.8 Å². The maximum absolute atomic E-state index is 5.46. The summed E-state index contributed by atoms with van der Waals surface area (Å²) in [6.07, 6.45) is 8.13. The van der Waals surface area contributed by atoms with Crippen LogP contribution in [0.4, 0.5) is 0 Å². The molecular formula is C15H29NO. The van der Waals surface area contributed by atoms with Crippen molar-refractivity contribution >= 4 is 0 Å². The Labute approximate surface area is 107 Å². The zero-order valence-electron chi connectivity index (χ0n) is 11.6. The van der Waals surface area contributed by atoms with Crippen molar-refractivity contribution in [2.75, 3.05) is 19.8 Å². The van der Waals surface area contributed by atoms with Gasteiger partial charge in [0.05, 0.1) is 0 Å². The van der Waals surface area contributed by atoms with E-state index in [0.717, 1.165) is 37.0 Å². The van der Waals surface area contributed by atoms with Gasteiger partial charge in [0.1, 0.15) is 0 Å². The Morgan fingerprint density at radius 2 is 1.88 bits per heavy atom. The zero-order chi connectivity index (χ0) is 12.1. The van der Waals surface area contributed by atoms with E-state index in [0.29, 0.717) is 0 Å². The molecule has 1 saturated heterocycles. The predicted molar refractivity (Wildman–Crippen MR) is 72.1 cm³/mol. The highest BCUT2D eigenvalue weighted by Crippen LogP contribution is 2.40. The van der Waals surface area contributed by atoms with Gasteiger partial charge in [0.15, 0.2) is 0 Å². The molecule has 2 atom stereocenters. The maximum Gasteiger partial charge on any atom is 0.0468 e. The fourth-order valence-corrected chi connectivity index (χ4v) is 3.11. The quantitative estimate of drug-likeness (QED) is 0.736. The number of ether oxygens (including phenoxy) is 1. The Bertz CT molecular complexity index is 209. The molecule has 100 valence electrons. The van der Waals surface area contributed by atoms with Crippen LogP contribution < -0.4 is 5.32 Å². The largest absolute Gasteiger partial charge is 0.381 e. The van der Waals surface area contributed by atoms with Crippen LogP contribution in [0.25, 0.3) is 0 Å². The van der Waals surface area contributed by atoms with Crippen LogP contribution in [0.5, 0.6) is 0 Å². The topological polar surface area (TPSA) is 21.3 Å². The molecule has 2 rings (SSSR count). The van der Waals surface area contributed by atoms with Gasteiger partial charge in [-0.2, -0.15) is 0 Å². The van der Waals surface area contributed by atoms with E-state index < -0.39 is 0 Å². The Kier molecular flexibility index (Phi) is 5.30. The normalized spacial score (nSPS) is 25.8. The smallest absolute Gasteiger partial charge is 0.0468 e. The van der Waals surface area contributed by atoms with E-state index in [1.165, 1.54) is 45.1 Å². The first kappa shape index (κ1) is 13.4. The fraction of sp³-hybridized carbons (Fsp3) is 1.00. The molecule has 0 radical (unpaired) electrons. The zero-order valence-corrected chi connectivity index (χ0v) is 11.6. The third kappa shape index (κ3) is 4.26. The van der Waals surface area contributed by atoms with Crippen molar-refractivity contribution < 1.29 is 4.74 Å². The molecule has 0 aromatic rings. The lowest BCUT2D eigenvalue weighted by Crippen LogP contribution is -2.39. The van der Waals surface area contributed by atoms with Gasteiger partial charge in [0, 0.05) is 19.3 Å². The molecule has 2 nitrogen and oxygen atoms in total. The summed E-state index contributed by atoms with van der Waals surface area (Å²) >= 11 is 0. The van der Waals surface area contributed by atoms with Crippen molar-refractivity contribution in [3.05, 3.63) is 0 Å². The van der Waals surface area contributed by atoms with Gasteiger partial charge < -0.3 is 10.1 Å². The molecule has 1 aliphatic heterocycles. The number of hydrogen-bond acceptors (Lipinski definition) is 2. The first-order valence-corrected chi connectivity index (χ1v) is 7.62. The second kappa shape index (κ2) is 6.75. The molecular weight excluding hydrogens is 210 g/mol. The van der Waals surface area contributed by atoms with Gasteiger partial charge in [-0.05, 0) is 62.8 Å². The Morgan fingerprint density at radius 3 is 2.47 bits per heavy atom. The van der Waals surface area contributed by atoms with Crippen molar-refractivity contribution in [3.63, 3.8) is 0 Å². The van der Waals surface area contributed by atoms with Crippen LogP contribution in [0.15, 0.2) is 0 Å². The highest BCUT2D eigenvalue weighted by molar-refractivity contribution is 4.88. The summed E-state index contributed by atoms with van der Waals surface area (Å²) in [5, 5.41) is 3.80.